The number of likely N-dealkylation sites (tertiary alicyclic amines) is 1. The number of carbonyl (C=O) groups excluding carboxylic acids is 1. The Morgan fingerprint density at radius 1 is 1.06 bits per heavy atom. The topological polar surface area (TPSA) is 86.9 Å². The maximum atomic E-state index is 13.0. The molecule has 8 nitrogen and oxygen atoms in total. The fourth-order valence-corrected chi connectivity index (χ4v) is 3.80. The van der Waals surface area contributed by atoms with E-state index >= 15 is 0 Å². The first-order valence-electron chi connectivity index (χ1n) is 10.1. The van der Waals surface area contributed by atoms with Gasteiger partial charge in [0, 0.05) is 12.1 Å². The first-order chi connectivity index (χ1) is 15.1. The molecule has 8 heteroatoms. The third kappa shape index (κ3) is 4.33. The molecule has 3 aromatic rings. The summed E-state index contributed by atoms with van der Waals surface area (Å²) >= 11 is 0. The molecule has 1 fully saturated rings. The summed E-state index contributed by atoms with van der Waals surface area (Å²) in [6.45, 7) is 0.674. The summed E-state index contributed by atoms with van der Waals surface area (Å²) in [5.41, 5.74) is 1.69. The molecule has 0 bridgehead atoms. The number of hydrogen-bond donors (Lipinski definition) is 0. The van der Waals surface area contributed by atoms with Gasteiger partial charge in [-0.25, -0.2) is 0 Å². The van der Waals surface area contributed by atoms with Crippen molar-refractivity contribution in [2.75, 3.05) is 27.9 Å². The van der Waals surface area contributed by atoms with E-state index in [2.05, 4.69) is 10.1 Å². The molecule has 2 heterocycles. The quantitative estimate of drug-likeness (QED) is 0.573. The maximum absolute atomic E-state index is 13.0. The number of aromatic nitrogens is 2. The van der Waals surface area contributed by atoms with Crippen molar-refractivity contribution >= 4 is 5.91 Å². The van der Waals surface area contributed by atoms with Gasteiger partial charge in [0.15, 0.2) is 11.5 Å². The molecule has 0 saturated carbocycles. The molecule has 1 saturated heterocycles. The minimum atomic E-state index is -0.216. The highest BCUT2D eigenvalue weighted by atomic mass is 16.5. The van der Waals surface area contributed by atoms with Crippen molar-refractivity contribution in [1.29, 1.82) is 0 Å². The first kappa shape index (κ1) is 20.7. The molecule has 31 heavy (non-hydrogen) atoms. The molecule has 1 atom stereocenters. The van der Waals surface area contributed by atoms with Crippen LogP contribution in [-0.4, -0.2) is 48.8 Å². The zero-order valence-electron chi connectivity index (χ0n) is 17.8. The number of ether oxygens (including phenoxy) is 3. The second-order valence-corrected chi connectivity index (χ2v) is 7.30. The van der Waals surface area contributed by atoms with Crippen molar-refractivity contribution in [3.05, 3.63) is 53.9 Å². The van der Waals surface area contributed by atoms with Crippen LogP contribution in [0, 0.1) is 0 Å². The monoisotopic (exact) mass is 423 g/mol. The second kappa shape index (κ2) is 9.07. The summed E-state index contributed by atoms with van der Waals surface area (Å²) in [6.07, 6.45) is 2.01. The van der Waals surface area contributed by atoms with Gasteiger partial charge in [0.05, 0.1) is 27.8 Å². The molecular formula is C23H25N3O5. The molecule has 4 rings (SSSR count). The van der Waals surface area contributed by atoms with Gasteiger partial charge in [0.25, 0.3) is 0 Å². The fourth-order valence-electron chi connectivity index (χ4n) is 3.80. The van der Waals surface area contributed by atoms with Crippen LogP contribution in [0.3, 0.4) is 0 Å². The number of methoxy groups -OCH3 is 3. The minimum Gasteiger partial charge on any atom is -0.497 e. The molecule has 1 aliphatic rings. The van der Waals surface area contributed by atoms with Gasteiger partial charge in [-0.2, -0.15) is 4.98 Å². The Labute approximate surface area is 180 Å². The van der Waals surface area contributed by atoms with Crippen molar-refractivity contribution in [2.45, 2.75) is 25.3 Å². The number of carbonyl (C=O) groups is 1. The van der Waals surface area contributed by atoms with Crippen molar-refractivity contribution in [3.63, 3.8) is 0 Å². The summed E-state index contributed by atoms with van der Waals surface area (Å²) in [7, 11) is 4.78. The lowest BCUT2D eigenvalue weighted by molar-refractivity contribution is -0.131. The normalized spacial score (nSPS) is 15.7. The van der Waals surface area contributed by atoms with E-state index in [1.54, 1.807) is 33.5 Å². The van der Waals surface area contributed by atoms with Crippen LogP contribution in [0.1, 0.15) is 30.3 Å². The standard InChI is InChI=1S/C23H25N3O5/c1-28-17-9-6-15(7-10-17)13-21(27)26-12-4-5-18(26)23-24-22(25-31-23)16-8-11-19(29-2)20(14-16)30-3/h6-11,14,18H,4-5,12-13H2,1-3H3/t18-/m1/s1. The molecule has 2 aromatic carbocycles. The Hall–Kier alpha value is -3.55. The van der Waals surface area contributed by atoms with E-state index in [1.807, 2.05) is 35.2 Å². The fraction of sp³-hybridized carbons (Fsp3) is 0.348. The SMILES string of the molecule is COc1ccc(CC(=O)N2CCC[C@@H]2c2nc(-c3ccc(OC)c(OC)c3)no2)cc1. The van der Waals surface area contributed by atoms with Gasteiger partial charge in [-0.15, -0.1) is 0 Å². The Kier molecular flexibility index (Phi) is 6.06. The van der Waals surface area contributed by atoms with Gasteiger partial charge in [0.1, 0.15) is 11.8 Å². The third-order valence-electron chi connectivity index (χ3n) is 5.46. The summed E-state index contributed by atoms with van der Waals surface area (Å²) in [5.74, 6) is 2.92. The van der Waals surface area contributed by atoms with Crippen LogP contribution >= 0.6 is 0 Å². The van der Waals surface area contributed by atoms with Crippen LogP contribution in [0.15, 0.2) is 47.0 Å². The number of hydrogen-bond acceptors (Lipinski definition) is 7. The van der Waals surface area contributed by atoms with Gasteiger partial charge in [-0.1, -0.05) is 17.3 Å². The van der Waals surface area contributed by atoms with Gasteiger partial charge >= 0.3 is 0 Å². The number of rotatable bonds is 7. The molecule has 1 aromatic heterocycles. The summed E-state index contributed by atoms with van der Waals surface area (Å²) < 4.78 is 21.4. The van der Waals surface area contributed by atoms with Gasteiger partial charge in [-0.3, -0.25) is 4.79 Å². The van der Waals surface area contributed by atoms with Crippen molar-refractivity contribution in [3.8, 4) is 28.6 Å². The van der Waals surface area contributed by atoms with Crippen LogP contribution in [0.5, 0.6) is 17.2 Å². The zero-order chi connectivity index (χ0) is 21.8. The first-order valence-corrected chi connectivity index (χ1v) is 10.1. The average molecular weight is 423 g/mol. The highest BCUT2D eigenvalue weighted by Crippen LogP contribution is 2.34. The van der Waals surface area contributed by atoms with E-state index < -0.39 is 0 Å². The number of benzene rings is 2. The molecule has 0 unspecified atom stereocenters. The molecule has 0 N–H and O–H groups in total. The lowest BCUT2D eigenvalue weighted by atomic mass is 10.1. The van der Waals surface area contributed by atoms with Crippen LogP contribution in [0.25, 0.3) is 11.4 Å². The van der Waals surface area contributed by atoms with Gasteiger partial charge < -0.3 is 23.6 Å². The Morgan fingerprint density at radius 2 is 1.84 bits per heavy atom. The van der Waals surface area contributed by atoms with E-state index in [9.17, 15) is 4.79 Å². The van der Waals surface area contributed by atoms with Crippen LogP contribution in [0.4, 0.5) is 0 Å². The average Bonchev–Trinajstić information content (AvgIpc) is 3.48. The van der Waals surface area contributed by atoms with Crippen molar-refractivity contribution in [1.82, 2.24) is 15.0 Å². The molecule has 0 radical (unpaired) electrons. The van der Waals surface area contributed by atoms with Gasteiger partial charge in [-0.05, 0) is 48.7 Å². The Morgan fingerprint density at radius 3 is 2.55 bits per heavy atom. The third-order valence-corrected chi connectivity index (χ3v) is 5.46. The zero-order valence-corrected chi connectivity index (χ0v) is 17.8. The molecule has 0 aliphatic carbocycles. The summed E-state index contributed by atoms with van der Waals surface area (Å²) in [5, 5.41) is 4.12. The lowest BCUT2D eigenvalue weighted by Crippen LogP contribution is -2.32. The van der Waals surface area contributed by atoms with Crippen LogP contribution < -0.4 is 14.2 Å². The van der Waals surface area contributed by atoms with E-state index in [0.717, 1.165) is 29.7 Å². The maximum Gasteiger partial charge on any atom is 0.249 e. The smallest absolute Gasteiger partial charge is 0.249 e. The molecular weight excluding hydrogens is 398 g/mol. The van der Waals surface area contributed by atoms with Crippen molar-refractivity contribution < 1.29 is 23.5 Å². The van der Waals surface area contributed by atoms with E-state index in [1.165, 1.54) is 0 Å². The molecule has 162 valence electrons. The van der Waals surface area contributed by atoms with E-state index in [4.69, 9.17) is 18.7 Å². The van der Waals surface area contributed by atoms with E-state index in [0.29, 0.717) is 36.2 Å². The highest BCUT2D eigenvalue weighted by molar-refractivity contribution is 5.79. The lowest BCUT2D eigenvalue weighted by Gasteiger charge is -2.22. The molecule has 1 aliphatic heterocycles. The largest absolute Gasteiger partial charge is 0.497 e. The van der Waals surface area contributed by atoms with Crippen LogP contribution in [-0.2, 0) is 11.2 Å². The Balaban J connectivity index is 1.50. The summed E-state index contributed by atoms with van der Waals surface area (Å²) in [4.78, 5) is 19.4. The minimum absolute atomic E-state index is 0.0403. The van der Waals surface area contributed by atoms with Gasteiger partial charge in [0.2, 0.25) is 17.6 Å². The number of nitrogens with zero attached hydrogens (tertiary/aromatic N) is 3. The van der Waals surface area contributed by atoms with Crippen LogP contribution in [0.2, 0.25) is 0 Å². The number of amides is 1. The predicted molar refractivity (Wildman–Crippen MR) is 113 cm³/mol. The summed E-state index contributed by atoms with van der Waals surface area (Å²) in [6, 6.07) is 12.8. The van der Waals surface area contributed by atoms with Crippen molar-refractivity contribution in [2.24, 2.45) is 0 Å². The predicted octanol–water partition coefficient (Wildman–Crippen LogP) is 3.67. The highest BCUT2D eigenvalue weighted by Gasteiger charge is 2.34. The molecule has 0 spiro atoms. The second-order valence-electron chi connectivity index (χ2n) is 7.30. The Bertz CT molecular complexity index is 1050. The van der Waals surface area contributed by atoms with E-state index in [-0.39, 0.29) is 11.9 Å². The molecule has 1 amide bonds.